The van der Waals surface area contributed by atoms with Crippen molar-refractivity contribution in [3.8, 4) is 22.9 Å². The smallest absolute Gasteiger partial charge is 0.408 e. The average molecular weight is 840 g/mol. The fourth-order valence-electron chi connectivity index (χ4n) is 9.53. The van der Waals surface area contributed by atoms with Crippen LogP contribution < -0.4 is 24.8 Å². The van der Waals surface area contributed by atoms with Crippen molar-refractivity contribution in [1.29, 1.82) is 0 Å². The molecule has 15 heteroatoms. The number of pyridine rings is 1. The maximum atomic E-state index is 15.0. The van der Waals surface area contributed by atoms with E-state index >= 15 is 0 Å². The van der Waals surface area contributed by atoms with Crippen LogP contribution in [0.4, 0.5) is 4.79 Å². The van der Waals surface area contributed by atoms with E-state index in [0.717, 1.165) is 36.6 Å². The number of allylic oxidation sites excluding steroid dienone is 1. The van der Waals surface area contributed by atoms with Crippen molar-refractivity contribution in [3.63, 3.8) is 0 Å². The van der Waals surface area contributed by atoms with E-state index in [9.17, 15) is 27.6 Å². The molecule has 9 rings (SSSR count). The molecule has 60 heavy (non-hydrogen) atoms. The van der Waals surface area contributed by atoms with Crippen molar-refractivity contribution >= 4 is 44.6 Å². The Balaban J connectivity index is 1.04. The summed E-state index contributed by atoms with van der Waals surface area (Å²) in [4.78, 5) is 63.4. The minimum absolute atomic E-state index is 0.0175. The maximum absolute atomic E-state index is 15.0. The van der Waals surface area contributed by atoms with Crippen LogP contribution >= 0.6 is 0 Å². The van der Waals surface area contributed by atoms with E-state index in [-0.39, 0.29) is 31.4 Å². The number of benzene rings is 2. The number of carbonyl (C=O) groups is 4. The Kier molecular flexibility index (Phi) is 10.7. The molecule has 9 atom stereocenters. The first-order valence-electron chi connectivity index (χ1n) is 21.4. The predicted octanol–water partition coefficient (Wildman–Crippen LogP) is 5.40. The summed E-state index contributed by atoms with van der Waals surface area (Å²) >= 11 is 0. The summed E-state index contributed by atoms with van der Waals surface area (Å²) in [7, 11) is -2.31. The van der Waals surface area contributed by atoms with E-state index in [1.807, 2.05) is 73.7 Å². The highest BCUT2D eigenvalue weighted by Crippen LogP contribution is 2.52. The van der Waals surface area contributed by atoms with Crippen molar-refractivity contribution in [1.82, 2.24) is 25.2 Å². The molecule has 6 aliphatic rings. The fourth-order valence-corrected chi connectivity index (χ4v) is 10.9. The van der Waals surface area contributed by atoms with Gasteiger partial charge in [0.25, 0.3) is 5.91 Å². The van der Waals surface area contributed by atoms with Gasteiger partial charge in [-0.2, -0.15) is 0 Å². The number of carbonyl (C=O) groups excluding carboxylic acids is 4. The van der Waals surface area contributed by atoms with Crippen molar-refractivity contribution in [2.24, 2.45) is 23.7 Å². The topological polar surface area (TPSA) is 182 Å². The Morgan fingerprint density at radius 1 is 0.950 bits per heavy atom. The molecule has 2 aromatic carbocycles. The molecule has 0 radical (unpaired) electrons. The molecule has 0 unspecified atom stereocenters. The molecule has 1 aromatic heterocycles. The van der Waals surface area contributed by atoms with Gasteiger partial charge in [-0.3, -0.25) is 19.1 Å². The molecule has 4 amide bonds. The molecule has 1 saturated heterocycles. The molecular weight excluding hydrogens is 787 g/mol. The van der Waals surface area contributed by atoms with Gasteiger partial charge in [-0.05, 0) is 105 Å². The quantitative estimate of drug-likeness (QED) is 0.236. The first-order valence-corrected chi connectivity index (χ1v) is 23.0. The summed E-state index contributed by atoms with van der Waals surface area (Å²) in [6.07, 6.45) is 9.19. The van der Waals surface area contributed by atoms with E-state index in [2.05, 4.69) is 15.4 Å². The summed E-state index contributed by atoms with van der Waals surface area (Å²) in [6, 6.07) is 15.1. The summed E-state index contributed by atoms with van der Waals surface area (Å²) in [5.74, 6) is -0.431. The van der Waals surface area contributed by atoms with Gasteiger partial charge in [-0.1, -0.05) is 55.8 Å². The van der Waals surface area contributed by atoms with Crippen molar-refractivity contribution in [2.75, 3.05) is 13.7 Å². The summed E-state index contributed by atoms with van der Waals surface area (Å²) in [5, 5.41) is 6.74. The van der Waals surface area contributed by atoms with E-state index in [4.69, 9.17) is 19.2 Å². The molecular formula is C45H53N5O9S. The number of methoxy groups -OCH3 is 1. The maximum Gasteiger partial charge on any atom is 0.408 e. The molecule has 14 nitrogen and oxygen atoms in total. The average Bonchev–Trinajstić information content (AvgIpc) is 4.20. The summed E-state index contributed by atoms with van der Waals surface area (Å²) in [6.45, 7) is 1.91. The molecule has 4 saturated carbocycles. The standard InChI is InChI=1S/C45H53N5O9S/c1-26-10-6-3-4-9-13-31-24-45(31,43(53)49-60(55,56)35-15-16-35)48-40(51)38-23-34(25-50(38)42(52)39(26)47-44(54)59-33-19-28-18-29(28)20-33)58-41-36-17-14-32(57-2)21-30(36)22-37(46-41)27-11-7-5-8-12-27/h5,7-9,11-14,17,21-22,26,28-29,31,33-35,38-39H,3-4,6,10,15-16,18-20,23-25H2,1-2H3,(H,47,54)(H,48,51)(H,49,53)/b13-9-/t26-,28-,29+,31-,33+,34-,38+,39+,45-/m1/s1. The lowest BCUT2D eigenvalue weighted by Gasteiger charge is -2.32. The van der Waals surface area contributed by atoms with Crippen LogP contribution in [0.3, 0.4) is 0 Å². The Labute approximate surface area is 350 Å². The number of hydrogen-bond acceptors (Lipinski definition) is 10. The van der Waals surface area contributed by atoms with Crippen LogP contribution in [0.5, 0.6) is 11.6 Å². The summed E-state index contributed by atoms with van der Waals surface area (Å²) < 4.78 is 46.3. The SMILES string of the molecule is COc1ccc2c(O[C@@H]3C[C@H]4C(=O)N[C@]5(C(=O)NS(=O)(=O)C6CC6)C[C@H]5/C=C\CCCC[C@@H](C)[C@H](NC(=O)O[C@@H]5C[C@@H]6C[C@@H]6C5)C(=O)N4C3)nc(-c3ccccc3)cc2c1. The van der Waals surface area contributed by atoms with E-state index < -0.39 is 68.7 Å². The second-order valence-electron chi connectivity index (χ2n) is 17.8. The third kappa shape index (κ3) is 8.29. The van der Waals surface area contributed by atoms with Gasteiger partial charge >= 0.3 is 6.09 Å². The zero-order chi connectivity index (χ0) is 41.8. The normalized spacial score (nSPS) is 31.9. The van der Waals surface area contributed by atoms with Crippen LogP contribution in [0, 0.1) is 23.7 Å². The number of hydrogen-bond donors (Lipinski definition) is 3. The van der Waals surface area contributed by atoms with Gasteiger partial charge in [-0.25, -0.2) is 18.2 Å². The van der Waals surface area contributed by atoms with Gasteiger partial charge in [0, 0.05) is 23.3 Å². The van der Waals surface area contributed by atoms with Gasteiger partial charge in [0.1, 0.15) is 35.6 Å². The second-order valence-corrected chi connectivity index (χ2v) is 19.7. The number of aromatic nitrogens is 1. The number of nitrogens with one attached hydrogen (secondary N) is 3. The van der Waals surface area contributed by atoms with Crippen molar-refractivity contribution in [3.05, 3.63) is 66.7 Å². The van der Waals surface area contributed by atoms with E-state index in [1.165, 1.54) is 11.3 Å². The lowest BCUT2D eigenvalue weighted by atomic mass is 9.93. The monoisotopic (exact) mass is 839 g/mol. The second kappa shape index (κ2) is 16.0. The van der Waals surface area contributed by atoms with Gasteiger partial charge in [0.15, 0.2) is 0 Å². The highest BCUT2D eigenvalue weighted by atomic mass is 32.2. The van der Waals surface area contributed by atoms with Crippen LogP contribution in [0.25, 0.3) is 22.0 Å². The zero-order valence-corrected chi connectivity index (χ0v) is 34.8. The number of sulfonamides is 1. The van der Waals surface area contributed by atoms with Crippen LogP contribution in [0.1, 0.15) is 77.6 Å². The highest BCUT2D eigenvalue weighted by Gasteiger charge is 2.62. The number of rotatable bonds is 9. The third-order valence-corrected chi connectivity index (χ3v) is 15.2. The molecule has 5 fully saturated rings. The fraction of sp³-hybridized carbons (Fsp3) is 0.533. The van der Waals surface area contributed by atoms with Crippen molar-refractivity contribution < 1.29 is 41.8 Å². The van der Waals surface area contributed by atoms with E-state index in [0.29, 0.717) is 60.2 Å². The van der Waals surface area contributed by atoms with Crippen LogP contribution in [0.15, 0.2) is 66.7 Å². The number of ether oxygens (including phenoxy) is 3. The lowest BCUT2D eigenvalue weighted by molar-refractivity contribution is -0.142. The Morgan fingerprint density at radius 3 is 2.48 bits per heavy atom. The number of nitrogens with zero attached hydrogens (tertiary/aromatic N) is 2. The van der Waals surface area contributed by atoms with Gasteiger partial charge in [-0.15, -0.1) is 0 Å². The molecule has 3 N–H and O–H groups in total. The Morgan fingerprint density at radius 2 is 1.73 bits per heavy atom. The van der Waals surface area contributed by atoms with Crippen molar-refractivity contribution in [2.45, 2.75) is 113 Å². The lowest BCUT2D eigenvalue weighted by Crippen LogP contribution is -2.59. The Hall–Kier alpha value is -5.18. The minimum atomic E-state index is -3.91. The molecule has 0 bridgehead atoms. The molecule has 2 aliphatic heterocycles. The molecule has 4 aliphatic carbocycles. The van der Waals surface area contributed by atoms with Gasteiger partial charge < -0.3 is 29.7 Å². The first kappa shape index (κ1) is 40.2. The first-order chi connectivity index (χ1) is 28.9. The number of alkyl carbamates (subject to hydrolysis) is 1. The van der Waals surface area contributed by atoms with Crippen LogP contribution in [-0.2, 0) is 29.1 Å². The van der Waals surface area contributed by atoms with Gasteiger partial charge in [0.2, 0.25) is 27.7 Å². The van der Waals surface area contributed by atoms with Crippen LogP contribution in [-0.4, -0.2) is 90.9 Å². The summed E-state index contributed by atoms with van der Waals surface area (Å²) in [5.41, 5.74) is 0.0116. The highest BCUT2D eigenvalue weighted by molar-refractivity contribution is 7.91. The van der Waals surface area contributed by atoms with Crippen LogP contribution in [0.2, 0.25) is 0 Å². The molecule has 0 spiro atoms. The van der Waals surface area contributed by atoms with Gasteiger partial charge in [0.05, 0.1) is 24.6 Å². The minimum Gasteiger partial charge on any atom is -0.497 e. The molecule has 318 valence electrons. The van der Waals surface area contributed by atoms with E-state index in [1.54, 1.807) is 7.11 Å². The number of amides is 4. The predicted molar refractivity (Wildman–Crippen MR) is 222 cm³/mol. The molecule has 3 aromatic rings. The third-order valence-electron chi connectivity index (χ3n) is 13.4. The number of fused-ring (bicyclic) bond motifs is 4. The zero-order valence-electron chi connectivity index (χ0n) is 34.0. The largest absolute Gasteiger partial charge is 0.497 e. The molecule has 3 heterocycles. The Bertz CT molecular complexity index is 2310.